The maximum Gasteiger partial charge on any atom is 0.319 e. The van der Waals surface area contributed by atoms with Gasteiger partial charge in [-0.2, -0.15) is 0 Å². The van der Waals surface area contributed by atoms with E-state index in [1.165, 1.54) is 13.8 Å². The van der Waals surface area contributed by atoms with Gasteiger partial charge in [0.25, 0.3) is 0 Å². The molecule has 0 aliphatic carbocycles. The molecule has 1 aromatic rings. The number of benzene rings is 1. The number of carboxylic acid groups (broad SMARTS) is 1. The van der Waals surface area contributed by atoms with Crippen molar-refractivity contribution in [2.45, 2.75) is 13.8 Å². The van der Waals surface area contributed by atoms with Crippen LogP contribution in [0.15, 0.2) is 22.7 Å². The van der Waals surface area contributed by atoms with Crippen molar-refractivity contribution < 1.29 is 14.7 Å². The first-order chi connectivity index (χ1) is 8.72. The first-order valence-corrected chi connectivity index (χ1v) is 6.63. The van der Waals surface area contributed by atoms with Crippen molar-refractivity contribution in [3.8, 4) is 0 Å². The average Bonchev–Trinajstić information content (AvgIpc) is 2.31. The molecule has 1 rings (SSSR count). The van der Waals surface area contributed by atoms with Crippen LogP contribution in [0.4, 0.5) is 10.5 Å². The van der Waals surface area contributed by atoms with Gasteiger partial charge >= 0.3 is 12.0 Å². The number of nitrogens with one attached hydrogen (secondary N) is 2. The molecule has 0 unspecified atom stereocenters. The maximum absolute atomic E-state index is 11.6. The van der Waals surface area contributed by atoms with Crippen LogP contribution >= 0.6 is 27.5 Å². The molecule has 0 bridgehead atoms. The zero-order valence-corrected chi connectivity index (χ0v) is 12.8. The summed E-state index contributed by atoms with van der Waals surface area (Å²) in [7, 11) is 0. The van der Waals surface area contributed by atoms with Gasteiger partial charge in [-0.25, -0.2) is 4.79 Å². The van der Waals surface area contributed by atoms with Gasteiger partial charge in [0.15, 0.2) is 0 Å². The third kappa shape index (κ3) is 4.72. The van der Waals surface area contributed by atoms with E-state index in [1.807, 2.05) is 0 Å². The number of hydrogen-bond donors (Lipinski definition) is 3. The Balaban J connectivity index is 2.56. The Hall–Kier alpha value is -1.27. The zero-order chi connectivity index (χ0) is 14.6. The number of anilines is 1. The second-order valence-corrected chi connectivity index (χ2v) is 5.89. The summed E-state index contributed by atoms with van der Waals surface area (Å²) in [5.74, 6) is -0.973. The van der Waals surface area contributed by atoms with Crippen LogP contribution in [0.2, 0.25) is 5.02 Å². The highest BCUT2D eigenvalue weighted by molar-refractivity contribution is 9.10. The van der Waals surface area contributed by atoms with Gasteiger partial charge in [-0.05, 0) is 48.0 Å². The van der Waals surface area contributed by atoms with Crippen LogP contribution in [-0.2, 0) is 4.79 Å². The number of halogens is 2. The topological polar surface area (TPSA) is 78.4 Å². The Kier molecular flexibility index (Phi) is 5.20. The lowest BCUT2D eigenvalue weighted by Gasteiger charge is -2.19. The highest BCUT2D eigenvalue weighted by atomic mass is 79.9. The Bertz CT molecular complexity index is 506. The van der Waals surface area contributed by atoms with Gasteiger partial charge in [0.2, 0.25) is 0 Å². The van der Waals surface area contributed by atoms with Crippen LogP contribution in [0.25, 0.3) is 0 Å². The predicted molar refractivity (Wildman–Crippen MR) is 77.6 cm³/mol. The normalized spacial score (nSPS) is 10.9. The molecule has 5 nitrogen and oxygen atoms in total. The Labute approximate surface area is 124 Å². The molecule has 19 heavy (non-hydrogen) atoms. The van der Waals surface area contributed by atoms with Gasteiger partial charge < -0.3 is 15.7 Å². The number of rotatable bonds is 4. The number of hydrogen-bond acceptors (Lipinski definition) is 2. The summed E-state index contributed by atoms with van der Waals surface area (Å²) in [5, 5.41) is 14.5. The van der Waals surface area contributed by atoms with Crippen LogP contribution in [0, 0.1) is 5.41 Å². The first-order valence-electron chi connectivity index (χ1n) is 5.45. The average molecular weight is 350 g/mol. The fraction of sp³-hybridized carbons (Fsp3) is 0.333. The number of aliphatic carboxylic acids is 1. The van der Waals surface area contributed by atoms with E-state index < -0.39 is 17.4 Å². The van der Waals surface area contributed by atoms with Gasteiger partial charge in [-0.1, -0.05) is 11.6 Å². The summed E-state index contributed by atoms with van der Waals surface area (Å²) in [6.07, 6.45) is 0. The lowest BCUT2D eigenvalue weighted by atomic mass is 9.94. The number of carboxylic acids is 1. The van der Waals surface area contributed by atoms with Gasteiger partial charge in [0, 0.05) is 16.7 Å². The van der Waals surface area contributed by atoms with E-state index in [2.05, 4.69) is 26.6 Å². The van der Waals surface area contributed by atoms with Gasteiger partial charge in [-0.15, -0.1) is 0 Å². The second kappa shape index (κ2) is 6.25. The minimum atomic E-state index is -1.02. The largest absolute Gasteiger partial charge is 0.481 e. The molecule has 104 valence electrons. The van der Waals surface area contributed by atoms with E-state index in [9.17, 15) is 9.59 Å². The van der Waals surface area contributed by atoms with Crippen molar-refractivity contribution in [1.82, 2.24) is 5.32 Å². The zero-order valence-electron chi connectivity index (χ0n) is 10.5. The van der Waals surface area contributed by atoms with Crippen LogP contribution < -0.4 is 10.6 Å². The molecule has 0 atom stereocenters. The van der Waals surface area contributed by atoms with Gasteiger partial charge in [0.1, 0.15) is 0 Å². The van der Waals surface area contributed by atoms with E-state index in [-0.39, 0.29) is 6.54 Å². The molecule has 0 heterocycles. The van der Waals surface area contributed by atoms with Gasteiger partial charge in [-0.3, -0.25) is 4.79 Å². The van der Waals surface area contributed by atoms with E-state index in [0.717, 1.165) is 4.47 Å². The smallest absolute Gasteiger partial charge is 0.319 e. The molecule has 3 N–H and O–H groups in total. The fourth-order valence-electron chi connectivity index (χ4n) is 1.13. The monoisotopic (exact) mass is 348 g/mol. The second-order valence-electron chi connectivity index (χ2n) is 4.63. The van der Waals surface area contributed by atoms with Crippen molar-refractivity contribution in [3.63, 3.8) is 0 Å². The number of amides is 2. The summed E-state index contributed by atoms with van der Waals surface area (Å²) >= 11 is 9.14. The number of carbonyl (C=O) groups is 2. The van der Waals surface area contributed by atoms with Crippen molar-refractivity contribution in [2.75, 3.05) is 11.9 Å². The standard InChI is InChI=1S/C12H14BrClN2O3/c1-12(2,10(17)18)6-15-11(19)16-7-3-4-8(13)9(14)5-7/h3-5H,6H2,1-2H3,(H,17,18)(H2,15,16,19). The van der Waals surface area contributed by atoms with E-state index in [1.54, 1.807) is 18.2 Å². The molecule has 7 heteroatoms. The van der Waals surface area contributed by atoms with Crippen LogP contribution in [0.5, 0.6) is 0 Å². The van der Waals surface area contributed by atoms with Crippen LogP contribution in [-0.4, -0.2) is 23.7 Å². The van der Waals surface area contributed by atoms with Crippen molar-refractivity contribution in [3.05, 3.63) is 27.7 Å². The van der Waals surface area contributed by atoms with Crippen LogP contribution in [0.3, 0.4) is 0 Å². The van der Waals surface area contributed by atoms with E-state index >= 15 is 0 Å². The van der Waals surface area contributed by atoms with Crippen molar-refractivity contribution in [1.29, 1.82) is 0 Å². The Morgan fingerprint density at radius 3 is 2.58 bits per heavy atom. The van der Waals surface area contributed by atoms with Crippen molar-refractivity contribution in [2.24, 2.45) is 5.41 Å². The minimum absolute atomic E-state index is 0.0262. The maximum atomic E-state index is 11.6. The SMILES string of the molecule is CC(C)(CNC(=O)Nc1ccc(Br)c(Cl)c1)C(=O)O. The molecular weight excluding hydrogens is 336 g/mol. The fourth-order valence-corrected chi connectivity index (χ4v) is 1.55. The van der Waals surface area contributed by atoms with Crippen LogP contribution in [0.1, 0.15) is 13.8 Å². The minimum Gasteiger partial charge on any atom is -0.481 e. The third-order valence-electron chi connectivity index (χ3n) is 2.45. The molecule has 2 amide bonds. The molecule has 0 saturated carbocycles. The van der Waals surface area contributed by atoms with E-state index in [0.29, 0.717) is 10.7 Å². The lowest BCUT2D eigenvalue weighted by molar-refractivity contribution is -0.146. The Morgan fingerprint density at radius 2 is 2.05 bits per heavy atom. The lowest BCUT2D eigenvalue weighted by Crippen LogP contribution is -2.40. The number of urea groups is 1. The molecule has 0 aliphatic heterocycles. The third-order valence-corrected chi connectivity index (χ3v) is 3.68. The molecule has 0 fully saturated rings. The Morgan fingerprint density at radius 1 is 1.42 bits per heavy atom. The van der Waals surface area contributed by atoms with Crippen molar-refractivity contribution >= 4 is 45.2 Å². The summed E-state index contributed by atoms with van der Waals surface area (Å²) < 4.78 is 0.729. The first kappa shape index (κ1) is 15.8. The van der Waals surface area contributed by atoms with Gasteiger partial charge in [0.05, 0.1) is 10.4 Å². The quantitative estimate of drug-likeness (QED) is 0.780. The molecule has 0 spiro atoms. The predicted octanol–water partition coefficient (Wildman–Crippen LogP) is 3.33. The molecule has 0 aromatic heterocycles. The molecule has 0 radical (unpaired) electrons. The molecule has 0 aliphatic rings. The summed E-state index contributed by atoms with van der Waals surface area (Å²) in [6.45, 7) is 3.09. The molecular formula is C12H14BrClN2O3. The van der Waals surface area contributed by atoms with E-state index in [4.69, 9.17) is 16.7 Å². The molecule has 0 saturated heterocycles. The molecule has 1 aromatic carbocycles. The highest BCUT2D eigenvalue weighted by Gasteiger charge is 2.27. The highest BCUT2D eigenvalue weighted by Crippen LogP contribution is 2.25. The number of carbonyl (C=O) groups excluding carboxylic acids is 1. The summed E-state index contributed by atoms with van der Waals surface area (Å²) in [6, 6.07) is 4.50. The summed E-state index contributed by atoms with van der Waals surface area (Å²) in [5.41, 5.74) is -0.492. The summed E-state index contributed by atoms with van der Waals surface area (Å²) in [4.78, 5) is 22.5.